The van der Waals surface area contributed by atoms with Gasteiger partial charge in [-0.15, -0.1) is 0 Å². The molecule has 24 heavy (non-hydrogen) atoms. The molecule has 0 amide bonds. The monoisotopic (exact) mass is 361 g/mol. The molecular formula is C19H20ClNO2S. The van der Waals surface area contributed by atoms with Gasteiger partial charge in [0.05, 0.1) is 12.7 Å². The highest BCUT2D eigenvalue weighted by Gasteiger charge is 2.21. The van der Waals surface area contributed by atoms with Gasteiger partial charge in [0.15, 0.2) is 11.5 Å². The summed E-state index contributed by atoms with van der Waals surface area (Å²) in [5.74, 6) is 1.36. The van der Waals surface area contributed by atoms with Crippen LogP contribution in [0.3, 0.4) is 0 Å². The number of likely N-dealkylation sites (tertiary alicyclic amines) is 1. The van der Waals surface area contributed by atoms with Gasteiger partial charge in [-0.2, -0.15) is 0 Å². The van der Waals surface area contributed by atoms with Crippen LogP contribution in [-0.4, -0.2) is 30.1 Å². The Kier molecular flexibility index (Phi) is 5.59. The normalized spacial score (nSPS) is 13.8. The quantitative estimate of drug-likeness (QED) is 0.719. The van der Waals surface area contributed by atoms with Crippen LogP contribution in [-0.2, 0) is 6.61 Å². The van der Waals surface area contributed by atoms with Gasteiger partial charge in [0.25, 0.3) is 0 Å². The van der Waals surface area contributed by atoms with Crippen LogP contribution in [0.25, 0.3) is 0 Å². The fraction of sp³-hybridized carbons (Fsp3) is 0.316. The molecular weight excluding hydrogens is 342 g/mol. The summed E-state index contributed by atoms with van der Waals surface area (Å²) in [7, 11) is 1.64. The summed E-state index contributed by atoms with van der Waals surface area (Å²) in [6.07, 6.45) is 2.36. The maximum Gasteiger partial charge on any atom is 0.171 e. The third kappa shape index (κ3) is 3.65. The van der Waals surface area contributed by atoms with Crippen molar-refractivity contribution < 1.29 is 9.47 Å². The van der Waals surface area contributed by atoms with E-state index in [1.54, 1.807) is 7.11 Å². The molecule has 0 atom stereocenters. The van der Waals surface area contributed by atoms with Gasteiger partial charge < -0.3 is 14.4 Å². The molecule has 0 aliphatic carbocycles. The minimum atomic E-state index is 0.371. The number of rotatable bonds is 5. The maximum absolute atomic E-state index is 6.22. The van der Waals surface area contributed by atoms with E-state index in [9.17, 15) is 0 Å². The molecule has 0 bridgehead atoms. The first-order valence-electron chi connectivity index (χ1n) is 8.03. The molecule has 5 heteroatoms. The average molecular weight is 362 g/mol. The molecule has 0 saturated carbocycles. The van der Waals surface area contributed by atoms with E-state index in [2.05, 4.69) is 4.90 Å². The SMILES string of the molecule is COc1cccc(C(=S)N2CCCC2)c1OCc1ccccc1Cl. The number of hydrogen-bond donors (Lipinski definition) is 0. The van der Waals surface area contributed by atoms with E-state index in [-0.39, 0.29) is 0 Å². The summed E-state index contributed by atoms with van der Waals surface area (Å²) in [5, 5.41) is 0.691. The van der Waals surface area contributed by atoms with Crippen molar-refractivity contribution in [2.45, 2.75) is 19.4 Å². The Labute approximate surface area is 153 Å². The molecule has 1 fully saturated rings. The van der Waals surface area contributed by atoms with Crippen molar-refractivity contribution >= 4 is 28.8 Å². The van der Waals surface area contributed by atoms with E-state index in [4.69, 9.17) is 33.3 Å². The Morgan fingerprint density at radius 3 is 2.58 bits per heavy atom. The summed E-state index contributed by atoms with van der Waals surface area (Å²) in [4.78, 5) is 3.05. The third-order valence-electron chi connectivity index (χ3n) is 4.15. The fourth-order valence-electron chi connectivity index (χ4n) is 2.85. The Balaban J connectivity index is 1.87. The highest BCUT2D eigenvalue weighted by Crippen LogP contribution is 2.34. The highest BCUT2D eigenvalue weighted by atomic mass is 35.5. The lowest BCUT2D eigenvalue weighted by Crippen LogP contribution is -2.27. The van der Waals surface area contributed by atoms with Gasteiger partial charge in [-0.1, -0.05) is 48.1 Å². The molecule has 0 spiro atoms. The lowest BCUT2D eigenvalue weighted by molar-refractivity contribution is 0.283. The van der Waals surface area contributed by atoms with E-state index in [1.807, 2.05) is 42.5 Å². The predicted molar refractivity (Wildman–Crippen MR) is 101 cm³/mol. The molecule has 1 aliphatic rings. The second kappa shape index (κ2) is 7.86. The molecule has 0 radical (unpaired) electrons. The Morgan fingerprint density at radius 2 is 1.88 bits per heavy atom. The first kappa shape index (κ1) is 17.1. The van der Waals surface area contributed by atoms with Crippen LogP contribution in [0.2, 0.25) is 5.02 Å². The Morgan fingerprint density at radius 1 is 1.12 bits per heavy atom. The van der Waals surface area contributed by atoms with E-state index in [1.165, 1.54) is 12.8 Å². The van der Waals surface area contributed by atoms with Crippen molar-refractivity contribution in [3.05, 3.63) is 58.6 Å². The van der Waals surface area contributed by atoms with Gasteiger partial charge in [-0.25, -0.2) is 0 Å². The number of hydrogen-bond acceptors (Lipinski definition) is 3. The van der Waals surface area contributed by atoms with Crippen LogP contribution >= 0.6 is 23.8 Å². The van der Waals surface area contributed by atoms with Crippen molar-refractivity contribution in [2.24, 2.45) is 0 Å². The average Bonchev–Trinajstić information content (AvgIpc) is 3.15. The van der Waals surface area contributed by atoms with Crippen LogP contribution in [0.1, 0.15) is 24.0 Å². The van der Waals surface area contributed by atoms with Crippen LogP contribution < -0.4 is 9.47 Å². The molecule has 3 nitrogen and oxygen atoms in total. The topological polar surface area (TPSA) is 21.7 Å². The third-order valence-corrected chi connectivity index (χ3v) is 5.00. The molecule has 1 aliphatic heterocycles. The molecule has 0 unspecified atom stereocenters. The molecule has 1 heterocycles. The maximum atomic E-state index is 6.22. The molecule has 3 rings (SSSR count). The molecule has 2 aromatic carbocycles. The lowest BCUT2D eigenvalue weighted by atomic mass is 10.1. The minimum absolute atomic E-state index is 0.371. The number of nitrogens with zero attached hydrogens (tertiary/aromatic N) is 1. The van der Waals surface area contributed by atoms with Crippen LogP contribution in [0.4, 0.5) is 0 Å². The van der Waals surface area contributed by atoms with Crippen LogP contribution in [0.5, 0.6) is 11.5 Å². The molecule has 126 valence electrons. The number of thiocarbonyl (C=S) groups is 1. The smallest absolute Gasteiger partial charge is 0.171 e. The summed E-state index contributed by atoms with van der Waals surface area (Å²) in [6.45, 7) is 2.37. The van der Waals surface area contributed by atoms with Gasteiger partial charge in [-0.3, -0.25) is 0 Å². The van der Waals surface area contributed by atoms with Gasteiger partial charge in [0.2, 0.25) is 0 Å². The largest absolute Gasteiger partial charge is 0.493 e. The zero-order chi connectivity index (χ0) is 16.9. The van der Waals surface area contributed by atoms with E-state index in [0.29, 0.717) is 23.1 Å². The van der Waals surface area contributed by atoms with E-state index < -0.39 is 0 Å². The van der Waals surface area contributed by atoms with E-state index in [0.717, 1.165) is 29.2 Å². The summed E-state index contributed by atoms with van der Waals surface area (Å²) >= 11 is 11.9. The Hall–Kier alpha value is -1.78. The van der Waals surface area contributed by atoms with Gasteiger partial charge in [0, 0.05) is 23.7 Å². The number of benzene rings is 2. The lowest BCUT2D eigenvalue weighted by Gasteiger charge is -2.22. The number of methoxy groups -OCH3 is 1. The van der Waals surface area contributed by atoms with Gasteiger partial charge in [0.1, 0.15) is 11.6 Å². The minimum Gasteiger partial charge on any atom is -0.493 e. The summed E-state index contributed by atoms with van der Waals surface area (Å²) in [6, 6.07) is 13.5. The van der Waals surface area contributed by atoms with Crippen LogP contribution in [0, 0.1) is 0 Å². The van der Waals surface area contributed by atoms with Crippen molar-refractivity contribution in [2.75, 3.05) is 20.2 Å². The second-order valence-corrected chi connectivity index (χ2v) is 6.51. The first-order chi connectivity index (χ1) is 11.7. The highest BCUT2D eigenvalue weighted by molar-refractivity contribution is 7.80. The van der Waals surface area contributed by atoms with Gasteiger partial charge >= 0.3 is 0 Å². The predicted octanol–water partition coefficient (Wildman–Crippen LogP) is 4.70. The number of halogens is 1. The van der Waals surface area contributed by atoms with Crippen molar-refractivity contribution in [1.29, 1.82) is 0 Å². The van der Waals surface area contributed by atoms with E-state index >= 15 is 0 Å². The van der Waals surface area contributed by atoms with Gasteiger partial charge in [-0.05, 0) is 31.0 Å². The zero-order valence-corrected chi connectivity index (χ0v) is 15.2. The van der Waals surface area contributed by atoms with Crippen molar-refractivity contribution in [3.8, 4) is 11.5 Å². The van der Waals surface area contributed by atoms with Crippen molar-refractivity contribution in [1.82, 2.24) is 4.90 Å². The molecule has 0 aromatic heterocycles. The standard InChI is InChI=1S/C19H20ClNO2S/c1-22-17-10-6-8-15(19(24)21-11-4-5-12-21)18(17)23-13-14-7-2-3-9-16(14)20/h2-3,6-10H,4-5,11-13H2,1H3. The fourth-order valence-corrected chi connectivity index (χ4v) is 3.38. The molecule has 2 aromatic rings. The zero-order valence-electron chi connectivity index (χ0n) is 13.6. The molecule has 0 N–H and O–H groups in total. The Bertz CT molecular complexity index is 729. The number of para-hydroxylation sites is 1. The second-order valence-electron chi connectivity index (χ2n) is 5.72. The number of ether oxygens (including phenoxy) is 2. The van der Waals surface area contributed by atoms with Crippen molar-refractivity contribution in [3.63, 3.8) is 0 Å². The summed E-state index contributed by atoms with van der Waals surface area (Å²) < 4.78 is 11.6. The molecule has 1 saturated heterocycles. The summed E-state index contributed by atoms with van der Waals surface area (Å²) in [5.41, 5.74) is 1.83. The van der Waals surface area contributed by atoms with Crippen LogP contribution in [0.15, 0.2) is 42.5 Å². The first-order valence-corrected chi connectivity index (χ1v) is 8.82.